The van der Waals surface area contributed by atoms with Gasteiger partial charge in [0.2, 0.25) is 0 Å². The van der Waals surface area contributed by atoms with E-state index in [-0.39, 0.29) is 5.78 Å². The molecule has 0 saturated carbocycles. The molecule has 0 aromatic heterocycles. The van der Waals surface area contributed by atoms with Gasteiger partial charge in [0.25, 0.3) is 0 Å². The fourth-order valence-electron chi connectivity index (χ4n) is 2.37. The van der Waals surface area contributed by atoms with E-state index in [0.717, 1.165) is 37.3 Å². The van der Waals surface area contributed by atoms with Gasteiger partial charge in [-0.1, -0.05) is 24.9 Å². The van der Waals surface area contributed by atoms with Gasteiger partial charge in [-0.05, 0) is 31.4 Å². The lowest BCUT2D eigenvalue weighted by molar-refractivity contribution is 0.0963. The second-order valence-electron chi connectivity index (χ2n) is 4.81. The number of thiol groups is 1. The topological polar surface area (TPSA) is 32.3 Å². The Balaban J connectivity index is 1.97. The van der Waals surface area contributed by atoms with Crippen molar-refractivity contribution in [3.8, 4) is 0 Å². The summed E-state index contributed by atoms with van der Waals surface area (Å²) in [6.07, 6.45) is 1.70. The molecule has 4 heteroatoms. The fourth-order valence-corrected chi connectivity index (χ4v) is 2.71. The fraction of sp³-hybridized carbons (Fsp3) is 0.500. The van der Waals surface area contributed by atoms with Crippen LogP contribution >= 0.6 is 12.8 Å². The molecule has 1 aliphatic rings. The molecule has 0 amide bonds. The number of anilines is 1. The molecule has 0 bridgehead atoms. The van der Waals surface area contributed by atoms with Crippen LogP contribution in [-0.4, -0.2) is 29.7 Å². The van der Waals surface area contributed by atoms with Crippen molar-refractivity contribution in [2.75, 3.05) is 25.0 Å². The standard InChI is InChI=1S/C14H20N2OS/c1-2-15-13-5-3-4-12(9-13)14(17)8-11-6-7-16(18)10-11/h3-5,9,11,15,18H,2,6-8,10H2,1H3. The molecule has 0 spiro atoms. The predicted molar refractivity (Wildman–Crippen MR) is 78.2 cm³/mol. The number of ketones is 1. The monoisotopic (exact) mass is 264 g/mol. The Kier molecular flexibility index (Phi) is 4.66. The van der Waals surface area contributed by atoms with Gasteiger partial charge in [-0.3, -0.25) is 9.10 Å². The first-order valence-electron chi connectivity index (χ1n) is 6.50. The van der Waals surface area contributed by atoms with Crippen molar-refractivity contribution >= 4 is 24.3 Å². The number of Topliss-reactive ketones (excluding diaryl/α,β-unsaturated/α-hetero) is 1. The van der Waals surface area contributed by atoms with Crippen LogP contribution in [0, 0.1) is 5.92 Å². The Labute approximate surface area is 114 Å². The molecule has 1 aliphatic heterocycles. The molecule has 1 N–H and O–H groups in total. The van der Waals surface area contributed by atoms with Gasteiger partial charge in [-0.25, -0.2) is 0 Å². The largest absolute Gasteiger partial charge is 0.385 e. The molecular weight excluding hydrogens is 244 g/mol. The molecule has 0 radical (unpaired) electrons. The molecule has 1 atom stereocenters. The lowest BCUT2D eigenvalue weighted by Gasteiger charge is -2.10. The summed E-state index contributed by atoms with van der Waals surface area (Å²) in [5.74, 6) is 0.696. The Morgan fingerprint density at radius 2 is 2.39 bits per heavy atom. The number of nitrogens with zero attached hydrogens (tertiary/aromatic N) is 1. The Bertz CT molecular complexity index is 422. The normalized spacial score (nSPS) is 20.0. The molecule has 2 rings (SSSR count). The van der Waals surface area contributed by atoms with Crippen LogP contribution in [0.4, 0.5) is 5.69 Å². The lowest BCUT2D eigenvalue weighted by atomic mass is 9.97. The molecule has 1 aromatic rings. The lowest BCUT2D eigenvalue weighted by Crippen LogP contribution is -2.12. The third kappa shape index (κ3) is 3.50. The zero-order chi connectivity index (χ0) is 13.0. The van der Waals surface area contributed by atoms with Gasteiger partial charge in [0.1, 0.15) is 0 Å². The number of hydrogen-bond acceptors (Lipinski definition) is 4. The maximum Gasteiger partial charge on any atom is 0.163 e. The summed E-state index contributed by atoms with van der Waals surface area (Å²) >= 11 is 4.32. The highest BCUT2D eigenvalue weighted by molar-refractivity contribution is 7.77. The highest BCUT2D eigenvalue weighted by Crippen LogP contribution is 2.23. The van der Waals surface area contributed by atoms with Crippen LogP contribution in [0.2, 0.25) is 0 Å². The number of rotatable bonds is 5. The van der Waals surface area contributed by atoms with Crippen LogP contribution in [0.25, 0.3) is 0 Å². The molecule has 98 valence electrons. The van der Waals surface area contributed by atoms with Crippen LogP contribution < -0.4 is 5.32 Å². The quantitative estimate of drug-likeness (QED) is 0.633. The van der Waals surface area contributed by atoms with Gasteiger partial charge in [0.15, 0.2) is 5.78 Å². The van der Waals surface area contributed by atoms with Crippen molar-refractivity contribution in [1.82, 2.24) is 4.31 Å². The summed E-state index contributed by atoms with van der Waals surface area (Å²) < 4.78 is 1.99. The van der Waals surface area contributed by atoms with Crippen LogP contribution in [0.5, 0.6) is 0 Å². The van der Waals surface area contributed by atoms with Crippen LogP contribution in [-0.2, 0) is 0 Å². The maximum absolute atomic E-state index is 12.2. The summed E-state index contributed by atoms with van der Waals surface area (Å²) in [5.41, 5.74) is 1.83. The maximum atomic E-state index is 12.2. The third-order valence-electron chi connectivity index (χ3n) is 3.30. The van der Waals surface area contributed by atoms with Gasteiger partial charge >= 0.3 is 0 Å². The molecule has 1 heterocycles. The third-order valence-corrected chi connectivity index (χ3v) is 3.67. The van der Waals surface area contributed by atoms with E-state index in [1.54, 1.807) is 0 Å². The van der Waals surface area contributed by atoms with Crippen LogP contribution in [0.3, 0.4) is 0 Å². The minimum atomic E-state index is 0.239. The van der Waals surface area contributed by atoms with Crippen molar-refractivity contribution in [1.29, 1.82) is 0 Å². The molecule has 3 nitrogen and oxygen atoms in total. The van der Waals surface area contributed by atoms with Gasteiger partial charge in [-0.2, -0.15) is 0 Å². The first-order valence-corrected chi connectivity index (χ1v) is 6.90. The molecular formula is C14H20N2OS. The number of carbonyl (C=O) groups excluding carboxylic acids is 1. The number of nitrogens with one attached hydrogen (secondary N) is 1. The smallest absolute Gasteiger partial charge is 0.163 e. The highest BCUT2D eigenvalue weighted by Gasteiger charge is 2.23. The summed E-state index contributed by atoms with van der Waals surface area (Å²) in [7, 11) is 0. The van der Waals surface area contributed by atoms with E-state index in [1.165, 1.54) is 0 Å². The minimum absolute atomic E-state index is 0.239. The van der Waals surface area contributed by atoms with E-state index in [0.29, 0.717) is 12.3 Å². The number of hydrogen-bond donors (Lipinski definition) is 2. The second kappa shape index (κ2) is 6.25. The highest BCUT2D eigenvalue weighted by atomic mass is 32.1. The van der Waals surface area contributed by atoms with E-state index >= 15 is 0 Å². The van der Waals surface area contributed by atoms with Crippen molar-refractivity contribution in [2.24, 2.45) is 5.92 Å². The molecule has 18 heavy (non-hydrogen) atoms. The van der Waals surface area contributed by atoms with E-state index in [1.807, 2.05) is 35.5 Å². The van der Waals surface area contributed by atoms with E-state index in [9.17, 15) is 4.79 Å². The van der Waals surface area contributed by atoms with E-state index < -0.39 is 0 Å². The zero-order valence-corrected chi connectivity index (χ0v) is 11.6. The average molecular weight is 264 g/mol. The van der Waals surface area contributed by atoms with E-state index in [4.69, 9.17) is 0 Å². The summed E-state index contributed by atoms with van der Waals surface area (Å²) in [6.45, 7) is 4.82. The first-order chi connectivity index (χ1) is 8.69. The first kappa shape index (κ1) is 13.4. The van der Waals surface area contributed by atoms with Gasteiger partial charge in [0, 0.05) is 37.3 Å². The minimum Gasteiger partial charge on any atom is -0.385 e. The van der Waals surface area contributed by atoms with Crippen molar-refractivity contribution in [3.05, 3.63) is 29.8 Å². The molecule has 1 saturated heterocycles. The molecule has 1 fully saturated rings. The van der Waals surface area contributed by atoms with Crippen molar-refractivity contribution in [3.63, 3.8) is 0 Å². The van der Waals surface area contributed by atoms with Crippen LogP contribution in [0.1, 0.15) is 30.1 Å². The number of benzene rings is 1. The predicted octanol–water partition coefficient (Wildman–Crippen LogP) is 2.86. The molecule has 1 aromatic carbocycles. The number of carbonyl (C=O) groups is 1. The van der Waals surface area contributed by atoms with Gasteiger partial charge < -0.3 is 5.32 Å². The zero-order valence-electron chi connectivity index (χ0n) is 10.7. The van der Waals surface area contributed by atoms with Crippen molar-refractivity contribution in [2.45, 2.75) is 19.8 Å². The molecule has 0 aliphatic carbocycles. The summed E-state index contributed by atoms with van der Waals surface area (Å²) in [4.78, 5) is 12.2. The second-order valence-corrected chi connectivity index (χ2v) is 5.37. The van der Waals surface area contributed by atoms with Gasteiger partial charge in [0.05, 0.1) is 0 Å². The van der Waals surface area contributed by atoms with Crippen LogP contribution in [0.15, 0.2) is 24.3 Å². The summed E-state index contributed by atoms with van der Waals surface area (Å²) in [5, 5.41) is 3.23. The summed E-state index contributed by atoms with van der Waals surface area (Å²) in [6, 6.07) is 7.77. The van der Waals surface area contributed by atoms with Gasteiger partial charge in [-0.15, -0.1) is 0 Å². The van der Waals surface area contributed by atoms with E-state index in [2.05, 4.69) is 18.1 Å². The SMILES string of the molecule is CCNc1cccc(C(=O)CC2CCN(S)C2)c1. The Morgan fingerprint density at radius 3 is 3.06 bits per heavy atom. The average Bonchev–Trinajstić information content (AvgIpc) is 2.75. The molecule has 1 unspecified atom stereocenters. The Morgan fingerprint density at radius 1 is 1.56 bits per heavy atom. The Hall–Kier alpha value is -1.00. The van der Waals surface area contributed by atoms with Crippen molar-refractivity contribution < 1.29 is 4.79 Å².